The monoisotopic (exact) mass is 582 g/mol. The number of carbonyl (C=O) groups excluding carboxylic acids is 1. The van der Waals surface area contributed by atoms with E-state index in [2.05, 4.69) is 10.2 Å². The van der Waals surface area contributed by atoms with Crippen molar-refractivity contribution in [2.75, 3.05) is 33.4 Å². The van der Waals surface area contributed by atoms with Crippen LogP contribution in [0.5, 0.6) is 5.75 Å². The molecule has 2 heterocycles. The summed E-state index contributed by atoms with van der Waals surface area (Å²) < 4.78 is 54.0. The summed E-state index contributed by atoms with van der Waals surface area (Å²) in [5.41, 5.74) is 1.59. The van der Waals surface area contributed by atoms with Gasteiger partial charge in [0.2, 0.25) is 10.0 Å². The van der Waals surface area contributed by atoms with Crippen molar-refractivity contribution >= 4 is 27.6 Å². The van der Waals surface area contributed by atoms with Gasteiger partial charge < -0.3 is 9.47 Å². The maximum absolute atomic E-state index is 13.8. The Labute approximate surface area is 236 Å². The molecule has 1 aliphatic heterocycles. The normalized spacial score (nSPS) is 15.1. The van der Waals surface area contributed by atoms with Crippen LogP contribution in [0.25, 0.3) is 17.1 Å². The molecule has 0 aliphatic carbocycles. The van der Waals surface area contributed by atoms with Gasteiger partial charge in [0.25, 0.3) is 0 Å². The summed E-state index contributed by atoms with van der Waals surface area (Å²) in [5.74, 6) is 0.489. The first kappa shape index (κ1) is 28.0. The number of hydrogen-bond donors (Lipinski definition) is 0. The number of morpholine rings is 1. The van der Waals surface area contributed by atoms with Gasteiger partial charge in [-0.15, -0.1) is 10.2 Å². The zero-order valence-electron chi connectivity index (χ0n) is 21.9. The minimum Gasteiger partial charge on any atom is -0.497 e. The summed E-state index contributed by atoms with van der Waals surface area (Å²) in [5, 5.41) is 8.59. The Morgan fingerprint density at radius 1 is 1.02 bits per heavy atom. The van der Waals surface area contributed by atoms with Gasteiger partial charge in [-0.3, -0.25) is 9.36 Å². The molecule has 1 saturated heterocycles. The van der Waals surface area contributed by atoms with E-state index in [-0.39, 0.29) is 23.8 Å². The van der Waals surface area contributed by atoms with E-state index in [0.29, 0.717) is 46.8 Å². The molecule has 0 amide bonds. The van der Waals surface area contributed by atoms with E-state index >= 15 is 0 Å². The van der Waals surface area contributed by atoms with E-state index in [0.717, 1.165) is 0 Å². The molecule has 1 aliphatic rings. The van der Waals surface area contributed by atoms with E-state index in [9.17, 15) is 17.6 Å². The Morgan fingerprint density at radius 2 is 1.73 bits per heavy atom. The maximum Gasteiger partial charge on any atom is 0.243 e. The van der Waals surface area contributed by atoms with Crippen molar-refractivity contribution in [1.82, 2.24) is 19.1 Å². The number of thioether (sulfide) groups is 1. The van der Waals surface area contributed by atoms with Crippen molar-refractivity contribution < 1.29 is 27.1 Å². The molecule has 0 N–H and O–H groups in total. The molecule has 0 spiro atoms. The Morgan fingerprint density at radius 3 is 2.40 bits per heavy atom. The summed E-state index contributed by atoms with van der Waals surface area (Å²) in [6.45, 7) is 3.01. The van der Waals surface area contributed by atoms with Gasteiger partial charge in [0.15, 0.2) is 16.8 Å². The quantitative estimate of drug-likeness (QED) is 0.210. The number of halogens is 1. The van der Waals surface area contributed by atoms with E-state index in [1.807, 2.05) is 0 Å². The van der Waals surface area contributed by atoms with Crippen molar-refractivity contribution in [3.05, 3.63) is 84.2 Å². The molecule has 0 radical (unpaired) electrons. The number of aromatic nitrogens is 3. The Hall–Kier alpha value is -3.58. The highest BCUT2D eigenvalue weighted by Gasteiger charge is 2.28. The second-order valence-electron chi connectivity index (χ2n) is 9.02. The number of sulfonamides is 1. The molecular weight excluding hydrogens is 555 g/mol. The van der Waals surface area contributed by atoms with Gasteiger partial charge in [-0.2, -0.15) is 4.31 Å². The second kappa shape index (κ2) is 11.9. The third kappa shape index (κ3) is 5.80. The Kier molecular flexibility index (Phi) is 8.31. The molecule has 1 atom stereocenters. The SMILES string of the molecule is COc1ccc(C(=O)[C@@H](C)Sc2nnc(-c3cccc(S(=O)(=O)N4CCOCC4)c3)n2-c2ccc(F)cc2)cc1. The second-order valence-corrected chi connectivity index (χ2v) is 12.3. The van der Waals surface area contributed by atoms with Gasteiger partial charge in [-0.05, 0) is 67.6 Å². The topological polar surface area (TPSA) is 104 Å². The number of hydrogen-bond acceptors (Lipinski definition) is 8. The van der Waals surface area contributed by atoms with Crippen LogP contribution >= 0.6 is 11.8 Å². The van der Waals surface area contributed by atoms with Crippen molar-refractivity contribution in [2.45, 2.75) is 22.2 Å². The first-order valence-corrected chi connectivity index (χ1v) is 14.8. The van der Waals surface area contributed by atoms with Gasteiger partial charge in [-0.25, -0.2) is 12.8 Å². The fourth-order valence-electron chi connectivity index (χ4n) is 4.29. The number of ether oxygens (including phenoxy) is 2. The molecule has 40 heavy (non-hydrogen) atoms. The van der Waals surface area contributed by atoms with Crippen LogP contribution in [0.3, 0.4) is 0 Å². The van der Waals surface area contributed by atoms with E-state index in [1.165, 1.54) is 34.3 Å². The first-order valence-electron chi connectivity index (χ1n) is 12.5. The molecule has 208 valence electrons. The smallest absolute Gasteiger partial charge is 0.243 e. The summed E-state index contributed by atoms with van der Waals surface area (Å²) in [4.78, 5) is 13.3. The molecule has 0 bridgehead atoms. The van der Waals surface area contributed by atoms with Crippen molar-refractivity contribution in [1.29, 1.82) is 0 Å². The van der Waals surface area contributed by atoms with Crippen LogP contribution < -0.4 is 4.74 Å². The number of rotatable bonds is 9. The summed E-state index contributed by atoms with van der Waals surface area (Å²) in [7, 11) is -2.19. The molecule has 4 aromatic rings. The van der Waals surface area contributed by atoms with Crippen molar-refractivity contribution in [3.8, 4) is 22.8 Å². The standard InChI is InChI=1S/C28H27FN4O5S2/c1-19(26(34)20-6-12-24(37-2)13-7-20)39-28-31-30-27(33(28)23-10-8-22(29)9-11-23)21-4-3-5-25(18-21)40(35,36)32-14-16-38-17-15-32/h3-13,18-19H,14-17H2,1-2H3/t19-/m1/s1. The predicted octanol–water partition coefficient (Wildman–Crippen LogP) is 4.47. The number of Topliss-reactive ketones (excluding diaryl/α,β-unsaturated/α-hetero) is 1. The van der Waals surface area contributed by atoms with Gasteiger partial charge in [0.05, 0.1) is 30.5 Å². The third-order valence-corrected chi connectivity index (χ3v) is 9.38. The van der Waals surface area contributed by atoms with Crippen LogP contribution in [0, 0.1) is 5.82 Å². The van der Waals surface area contributed by atoms with E-state index in [4.69, 9.17) is 9.47 Å². The Balaban J connectivity index is 1.51. The zero-order valence-corrected chi connectivity index (χ0v) is 23.5. The van der Waals surface area contributed by atoms with E-state index < -0.39 is 21.1 Å². The van der Waals surface area contributed by atoms with Crippen molar-refractivity contribution in [2.24, 2.45) is 0 Å². The van der Waals surface area contributed by atoms with Gasteiger partial charge >= 0.3 is 0 Å². The fourth-order valence-corrected chi connectivity index (χ4v) is 6.69. The number of carbonyl (C=O) groups is 1. The van der Waals surface area contributed by atoms with Gasteiger partial charge in [0.1, 0.15) is 11.6 Å². The van der Waals surface area contributed by atoms with Gasteiger partial charge in [0, 0.05) is 29.9 Å². The minimum atomic E-state index is -3.75. The van der Waals surface area contributed by atoms with Crippen LogP contribution in [0.4, 0.5) is 4.39 Å². The molecule has 9 nitrogen and oxygen atoms in total. The molecule has 12 heteroatoms. The van der Waals surface area contributed by atoms with Crippen LogP contribution in [-0.2, 0) is 14.8 Å². The van der Waals surface area contributed by atoms with Crippen LogP contribution in [0.2, 0.25) is 0 Å². The van der Waals surface area contributed by atoms with E-state index in [1.54, 1.807) is 73.2 Å². The van der Waals surface area contributed by atoms with Gasteiger partial charge in [-0.1, -0.05) is 23.9 Å². The predicted molar refractivity (Wildman–Crippen MR) is 149 cm³/mol. The fraction of sp³-hybridized carbons (Fsp3) is 0.250. The lowest BCUT2D eigenvalue weighted by Gasteiger charge is -2.26. The lowest BCUT2D eigenvalue weighted by Crippen LogP contribution is -2.40. The maximum atomic E-state index is 13.8. The van der Waals surface area contributed by atoms with Crippen LogP contribution in [-0.4, -0.2) is 71.9 Å². The molecule has 5 rings (SSSR count). The molecule has 0 saturated carbocycles. The Bertz CT molecular complexity index is 1600. The number of methoxy groups -OCH3 is 1. The first-order chi connectivity index (χ1) is 19.3. The molecule has 3 aromatic carbocycles. The summed E-state index contributed by atoms with van der Waals surface area (Å²) in [6.07, 6.45) is 0. The molecular formula is C28H27FN4O5S2. The van der Waals surface area contributed by atoms with Crippen LogP contribution in [0.1, 0.15) is 17.3 Å². The lowest BCUT2D eigenvalue weighted by atomic mass is 10.1. The largest absolute Gasteiger partial charge is 0.497 e. The van der Waals surface area contributed by atoms with Crippen molar-refractivity contribution in [3.63, 3.8) is 0 Å². The number of nitrogens with zero attached hydrogens (tertiary/aromatic N) is 4. The number of ketones is 1. The molecule has 0 unspecified atom stereocenters. The highest BCUT2D eigenvalue weighted by atomic mass is 32.2. The lowest BCUT2D eigenvalue weighted by molar-refractivity contribution is 0.0730. The zero-order chi connectivity index (χ0) is 28.3. The summed E-state index contributed by atoms with van der Waals surface area (Å²) >= 11 is 1.20. The van der Waals surface area contributed by atoms with Crippen LogP contribution in [0.15, 0.2) is 82.8 Å². The number of benzene rings is 3. The highest BCUT2D eigenvalue weighted by Crippen LogP contribution is 2.32. The molecule has 1 aromatic heterocycles. The highest BCUT2D eigenvalue weighted by molar-refractivity contribution is 8.00. The average Bonchev–Trinajstić information content (AvgIpc) is 3.41. The average molecular weight is 583 g/mol. The minimum absolute atomic E-state index is 0.110. The molecule has 1 fully saturated rings. The third-order valence-electron chi connectivity index (χ3n) is 6.44. The summed E-state index contributed by atoms with van der Waals surface area (Å²) in [6, 6.07) is 19.1.